The van der Waals surface area contributed by atoms with Crippen molar-refractivity contribution in [1.29, 1.82) is 0 Å². The van der Waals surface area contributed by atoms with E-state index in [1.54, 1.807) is 30.3 Å². The van der Waals surface area contributed by atoms with Gasteiger partial charge in [0.2, 0.25) is 10.0 Å². The van der Waals surface area contributed by atoms with E-state index in [1.165, 1.54) is 37.8 Å². The molecule has 0 bridgehead atoms. The summed E-state index contributed by atoms with van der Waals surface area (Å²) in [6.07, 6.45) is 8.10. The standard InChI is InChI=1S/C30H47N3O4S.BrH/c1-5-9-10-11-12-15-25-37-29-17-14-13-16-28(29)30(34)32-26-18-20-27(21-19-26)38(35,36)31-22-24-33(7-3,8-4)23-6-2;/h13-14,16-21,31H,5-12,15,22-25H2,1-4H3;1H. The van der Waals surface area contributed by atoms with Gasteiger partial charge in [-0.05, 0) is 63.1 Å². The van der Waals surface area contributed by atoms with Crippen LogP contribution in [0.2, 0.25) is 0 Å². The molecular weight excluding hydrogens is 578 g/mol. The molecule has 0 saturated heterocycles. The van der Waals surface area contributed by atoms with E-state index >= 15 is 0 Å². The molecular formula is C30H48BrN3O4S. The number of quaternary nitrogens is 1. The number of nitrogens with one attached hydrogen (secondary N) is 2. The van der Waals surface area contributed by atoms with Gasteiger partial charge < -0.3 is 31.5 Å². The number of halogens is 1. The molecule has 0 atom stereocenters. The first kappa shape index (κ1) is 35.1. The zero-order valence-electron chi connectivity index (χ0n) is 24.2. The summed E-state index contributed by atoms with van der Waals surface area (Å²) in [5.41, 5.74) is 0.979. The summed E-state index contributed by atoms with van der Waals surface area (Å²) in [6.45, 7) is 13.4. The van der Waals surface area contributed by atoms with E-state index in [2.05, 4.69) is 37.7 Å². The molecule has 1 amide bonds. The smallest absolute Gasteiger partial charge is 0.259 e. The second-order valence-corrected chi connectivity index (χ2v) is 11.7. The molecule has 0 unspecified atom stereocenters. The second kappa shape index (κ2) is 18.4. The number of unbranched alkanes of at least 4 members (excludes halogenated alkanes) is 5. The number of anilines is 1. The number of nitrogens with zero attached hydrogens (tertiary/aromatic N) is 1. The number of rotatable bonds is 19. The number of hydrogen-bond acceptors (Lipinski definition) is 4. The third-order valence-electron chi connectivity index (χ3n) is 7.23. The van der Waals surface area contributed by atoms with Gasteiger partial charge in [0, 0.05) is 5.69 Å². The van der Waals surface area contributed by atoms with E-state index in [-0.39, 0.29) is 27.8 Å². The van der Waals surface area contributed by atoms with Crippen LogP contribution >= 0.6 is 0 Å². The van der Waals surface area contributed by atoms with Gasteiger partial charge in [-0.25, -0.2) is 13.1 Å². The van der Waals surface area contributed by atoms with Gasteiger partial charge >= 0.3 is 0 Å². The maximum absolute atomic E-state index is 12.9. The zero-order chi connectivity index (χ0) is 27.9. The summed E-state index contributed by atoms with van der Waals surface area (Å²) in [6, 6.07) is 13.5. The number of ether oxygens (including phenoxy) is 1. The van der Waals surface area contributed by atoms with Gasteiger partial charge in [-0.15, -0.1) is 0 Å². The monoisotopic (exact) mass is 625 g/mol. The van der Waals surface area contributed by atoms with Crippen molar-refractivity contribution in [3.8, 4) is 5.75 Å². The SMILES string of the molecule is CCCCCCCCOc1ccccc1C(=O)Nc1ccc(S(=O)(=O)NCC[N+](CC)(CC)CCC)cc1.[Br-]. The Balaban J connectivity index is 0.00000760. The van der Waals surface area contributed by atoms with Crippen molar-refractivity contribution in [2.75, 3.05) is 44.6 Å². The molecule has 39 heavy (non-hydrogen) atoms. The van der Waals surface area contributed by atoms with Crippen molar-refractivity contribution in [2.45, 2.75) is 77.5 Å². The molecule has 7 nitrogen and oxygen atoms in total. The van der Waals surface area contributed by atoms with Crippen molar-refractivity contribution >= 4 is 21.6 Å². The van der Waals surface area contributed by atoms with Crippen molar-refractivity contribution in [2.24, 2.45) is 0 Å². The minimum absolute atomic E-state index is 0. The Hall–Kier alpha value is -1.94. The lowest BCUT2D eigenvalue weighted by Gasteiger charge is -2.36. The van der Waals surface area contributed by atoms with Crippen molar-refractivity contribution < 1.29 is 39.4 Å². The third-order valence-corrected chi connectivity index (χ3v) is 8.70. The lowest BCUT2D eigenvalue weighted by atomic mass is 10.1. The summed E-state index contributed by atoms with van der Waals surface area (Å²) in [5.74, 6) is 0.264. The summed E-state index contributed by atoms with van der Waals surface area (Å²) in [7, 11) is -3.63. The van der Waals surface area contributed by atoms with Gasteiger partial charge in [-0.2, -0.15) is 0 Å². The molecule has 0 aliphatic carbocycles. The number of carbonyl (C=O) groups is 1. The van der Waals surface area contributed by atoms with Gasteiger partial charge in [0.25, 0.3) is 5.91 Å². The van der Waals surface area contributed by atoms with E-state index in [1.807, 2.05) is 6.07 Å². The highest BCUT2D eigenvalue weighted by molar-refractivity contribution is 7.89. The van der Waals surface area contributed by atoms with E-state index in [0.29, 0.717) is 30.2 Å². The van der Waals surface area contributed by atoms with Crippen molar-refractivity contribution in [1.82, 2.24) is 4.72 Å². The zero-order valence-corrected chi connectivity index (χ0v) is 26.6. The Morgan fingerprint density at radius 3 is 2.10 bits per heavy atom. The first-order valence-electron chi connectivity index (χ1n) is 14.3. The molecule has 0 aliphatic heterocycles. The van der Waals surface area contributed by atoms with Crippen LogP contribution in [0.25, 0.3) is 0 Å². The summed E-state index contributed by atoms with van der Waals surface area (Å²) in [5, 5.41) is 2.86. The fourth-order valence-corrected chi connectivity index (χ4v) is 5.72. The Morgan fingerprint density at radius 2 is 1.46 bits per heavy atom. The molecule has 0 spiro atoms. The molecule has 2 aromatic carbocycles. The number of hydrogen-bond donors (Lipinski definition) is 2. The molecule has 0 radical (unpaired) electrons. The summed E-state index contributed by atoms with van der Waals surface area (Å²) < 4.78 is 35.2. The summed E-state index contributed by atoms with van der Waals surface area (Å²) in [4.78, 5) is 13.1. The average molecular weight is 627 g/mol. The van der Waals surface area contributed by atoms with Gasteiger partial charge in [-0.3, -0.25) is 4.79 Å². The normalized spacial score (nSPS) is 11.6. The van der Waals surface area contributed by atoms with Gasteiger partial charge in [0.05, 0.1) is 49.8 Å². The highest BCUT2D eigenvalue weighted by atomic mass is 79.9. The van der Waals surface area contributed by atoms with Crippen LogP contribution in [0.4, 0.5) is 5.69 Å². The lowest BCUT2D eigenvalue weighted by Crippen LogP contribution is -3.00. The molecule has 2 rings (SSSR count). The van der Waals surface area contributed by atoms with Crippen LogP contribution in [0, 0.1) is 0 Å². The van der Waals surface area contributed by atoms with E-state index in [0.717, 1.165) is 49.9 Å². The molecule has 0 aromatic heterocycles. The van der Waals surface area contributed by atoms with Crippen LogP contribution in [-0.2, 0) is 10.0 Å². The average Bonchev–Trinajstić information content (AvgIpc) is 2.92. The number of likely N-dealkylation sites (N-methyl/N-ethyl adjacent to an activating group) is 1. The van der Waals surface area contributed by atoms with E-state index in [9.17, 15) is 13.2 Å². The Bertz CT molecular complexity index is 1070. The number of para-hydroxylation sites is 1. The van der Waals surface area contributed by atoms with Crippen LogP contribution in [0.1, 0.15) is 83.0 Å². The van der Waals surface area contributed by atoms with Gasteiger partial charge in [0.1, 0.15) is 5.75 Å². The maximum Gasteiger partial charge on any atom is 0.259 e. The molecule has 2 aromatic rings. The first-order valence-corrected chi connectivity index (χ1v) is 15.8. The molecule has 2 N–H and O–H groups in total. The largest absolute Gasteiger partial charge is 1.00 e. The van der Waals surface area contributed by atoms with Crippen LogP contribution in [0.15, 0.2) is 53.4 Å². The van der Waals surface area contributed by atoms with E-state index < -0.39 is 10.0 Å². The first-order chi connectivity index (χ1) is 18.3. The maximum atomic E-state index is 12.9. The van der Waals surface area contributed by atoms with E-state index in [4.69, 9.17) is 4.74 Å². The minimum atomic E-state index is -3.63. The number of sulfonamides is 1. The molecule has 9 heteroatoms. The summed E-state index contributed by atoms with van der Waals surface area (Å²) >= 11 is 0. The number of carbonyl (C=O) groups excluding carboxylic acids is 1. The number of amides is 1. The predicted molar refractivity (Wildman–Crippen MR) is 156 cm³/mol. The highest BCUT2D eigenvalue weighted by Gasteiger charge is 2.23. The third kappa shape index (κ3) is 11.6. The predicted octanol–water partition coefficient (Wildman–Crippen LogP) is 3.23. The minimum Gasteiger partial charge on any atom is -1.00 e. The molecule has 0 aliphatic rings. The number of benzene rings is 2. The Labute approximate surface area is 247 Å². The molecule has 0 fully saturated rings. The fourth-order valence-electron chi connectivity index (χ4n) is 4.70. The van der Waals surface area contributed by atoms with Crippen molar-refractivity contribution in [3.05, 3.63) is 54.1 Å². The molecule has 0 heterocycles. The quantitative estimate of drug-likeness (QED) is 0.185. The lowest BCUT2D eigenvalue weighted by molar-refractivity contribution is -0.923. The van der Waals surface area contributed by atoms with Crippen LogP contribution in [-0.4, -0.2) is 58.1 Å². The second-order valence-electron chi connectivity index (χ2n) is 9.91. The molecule has 0 saturated carbocycles. The van der Waals surface area contributed by atoms with Crippen LogP contribution < -0.4 is 31.8 Å². The topological polar surface area (TPSA) is 84.5 Å². The van der Waals surface area contributed by atoms with Gasteiger partial charge in [0.15, 0.2) is 0 Å². The Morgan fingerprint density at radius 1 is 0.821 bits per heavy atom. The fraction of sp³-hybridized carbons (Fsp3) is 0.567. The highest BCUT2D eigenvalue weighted by Crippen LogP contribution is 2.21. The molecule has 220 valence electrons. The Kier molecular flexibility index (Phi) is 16.6. The van der Waals surface area contributed by atoms with Crippen molar-refractivity contribution in [3.63, 3.8) is 0 Å². The van der Waals surface area contributed by atoms with Crippen LogP contribution in [0.3, 0.4) is 0 Å². The van der Waals surface area contributed by atoms with Crippen LogP contribution in [0.5, 0.6) is 5.75 Å². The van der Waals surface area contributed by atoms with Gasteiger partial charge in [-0.1, -0.05) is 58.1 Å².